The Balaban J connectivity index is 1.62. The number of hydrogen-bond acceptors (Lipinski definition) is 5. The molecule has 0 spiro atoms. The van der Waals surface area contributed by atoms with E-state index in [9.17, 15) is 14.4 Å². The zero-order valence-electron chi connectivity index (χ0n) is 13.1. The summed E-state index contributed by atoms with van der Waals surface area (Å²) in [5, 5.41) is 17.7. The second kappa shape index (κ2) is 6.50. The Morgan fingerprint density at radius 2 is 1.62 bits per heavy atom. The summed E-state index contributed by atoms with van der Waals surface area (Å²) in [6.45, 7) is 0. The minimum atomic E-state index is -1.04. The summed E-state index contributed by atoms with van der Waals surface area (Å²) < 4.78 is 5.17. The molecular formula is C15H20N4O5. The zero-order chi connectivity index (χ0) is 17.3. The average molecular weight is 336 g/mol. The fraction of sp³-hybridized carbons (Fsp3) is 0.600. The first-order valence-electron chi connectivity index (χ1n) is 8.05. The highest BCUT2D eigenvalue weighted by molar-refractivity contribution is 6.06. The first-order chi connectivity index (χ1) is 11.5. The molecule has 1 aromatic heterocycles. The topological polar surface area (TPSA) is 148 Å². The molecule has 0 atom stereocenters. The highest BCUT2D eigenvalue weighted by Gasteiger charge is 2.36. The van der Waals surface area contributed by atoms with Crippen LogP contribution in [0, 0.1) is 0 Å². The Bertz CT molecular complexity index is 659. The van der Waals surface area contributed by atoms with Crippen LogP contribution >= 0.6 is 0 Å². The van der Waals surface area contributed by atoms with Gasteiger partial charge in [-0.2, -0.15) is 0 Å². The van der Waals surface area contributed by atoms with E-state index in [1.54, 1.807) is 0 Å². The van der Waals surface area contributed by atoms with Crippen LogP contribution in [0.3, 0.4) is 0 Å². The number of carbonyl (C=O) groups excluding carboxylic acids is 2. The lowest BCUT2D eigenvalue weighted by atomic mass is 9.91. The van der Waals surface area contributed by atoms with Gasteiger partial charge in [0, 0.05) is 18.0 Å². The van der Waals surface area contributed by atoms with Crippen LogP contribution in [0.4, 0.5) is 4.79 Å². The molecule has 3 amide bonds. The van der Waals surface area contributed by atoms with Gasteiger partial charge in [-0.1, -0.05) is 5.16 Å². The highest BCUT2D eigenvalue weighted by atomic mass is 16.5. The minimum absolute atomic E-state index is 0.0600. The summed E-state index contributed by atoms with van der Waals surface area (Å²) in [4.78, 5) is 34.7. The normalized spacial score (nSPS) is 23.5. The van der Waals surface area contributed by atoms with Crippen LogP contribution in [0.25, 0.3) is 0 Å². The van der Waals surface area contributed by atoms with Crippen molar-refractivity contribution in [3.05, 3.63) is 17.0 Å². The van der Waals surface area contributed by atoms with Crippen molar-refractivity contribution in [2.24, 2.45) is 5.73 Å². The molecule has 0 saturated heterocycles. The second-order valence-corrected chi connectivity index (χ2v) is 6.38. The van der Waals surface area contributed by atoms with E-state index >= 15 is 0 Å². The number of nitrogens with one attached hydrogen (secondary N) is 2. The molecule has 0 unspecified atom stereocenters. The maximum atomic E-state index is 12.4. The van der Waals surface area contributed by atoms with E-state index in [1.807, 2.05) is 0 Å². The molecule has 9 heteroatoms. The van der Waals surface area contributed by atoms with Crippen molar-refractivity contribution in [2.75, 3.05) is 0 Å². The number of primary amides is 1. The van der Waals surface area contributed by atoms with Gasteiger partial charge in [-0.15, -0.1) is 0 Å². The Labute approximate surface area is 137 Å². The van der Waals surface area contributed by atoms with Gasteiger partial charge < -0.3 is 26.0 Å². The lowest BCUT2D eigenvalue weighted by molar-refractivity contribution is 0.0903. The molecule has 1 aromatic rings. The first kappa shape index (κ1) is 16.3. The standard InChI is InChI=1S/C15H20N4O5/c16-13(20)10-11(19-24-12(10)7-1-2-7)14(21)17-8-3-5-9(6-4-8)18-15(22)23/h7-9,18H,1-6H2,(H2,16,20)(H,17,21)(H,22,23)/t8-,9-. The number of nitrogens with zero attached hydrogens (tertiary/aromatic N) is 1. The van der Waals surface area contributed by atoms with Gasteiger partial charge in [0.25, 0.3) is 11.8 Å². The summed E-state index contributed by atoms with van der Waals surface area (Å²) in [5.74, 6) is -0.659. The molecule has 24 heavy (non-hydrogen) atoms. The average Bonchev–Trinajstić information content (AvgIpc) is 3.26. The number of rotatable bonds is 5. The van der Waals surface area contributed by atoms with Crippen molar-refractivity contribution >= 4 is 17.9 Å². The molecule has 0 aromatic carbocycles. The zero-order valence-corrected chi connectivity index (χ0v) is 13.1. The van der Waals surface area contributed by atoms with Gasteiger partial charge in [0.1, 0.15) is 5.56 Å². The number of carboxylic acid groups (broad SMARTS) is 1. The predicted octanol–water partition coefficient (Wildman–Crippen LogP) is 0.959. The fourth-order valence-electron chi connectivity index (χ4n) is 3.13. The van der Waals surface area contributed by atoms with Crippen LogP contribution in [0.5, 0.6) is 0 Å². The summed E-state index contributed by atoms with van der Waals surface area (Å²) in [6.07, 6.45) is 3.35. The molecule has 3 rings (SSSR count). The second-order valence-electron chi connectivity index (χ2n) is 6.38. The minimum Gasteiger partial charge on any atom is -0.465 e. The lowest BCUT2D eigenvalue weighted by Crippen LogP contribution is -2.43. The Kier molecular flexibility index (Phi) is 4.41. The quantitative estimate of drug-likeness (QED) is 0.629. The van der Waals surface area contributed by atoms with Crippen molar-refractivity contribution in [2.45, 2.75) is 56.5 Å². The Morgan fingerprint density at radius 3 is 2.12 bits per heavy atom. The number of aromatic nitrogens is 1. The van der Waals surface area contributed by atoms with Crippen molar-refractivity contribution in [1.29, 1.82) is 0 Å². The van der Waals surface area contributed by atoms with Gasteiger partial charge in [-0.05, 0) is 38.5 Å². The van der Waals surface area contributed by atoms with Crippen LogP contribution in [0.1, 0.15) is 71.0 Å². The predicted molar refractivity (Wildman–Crippen MR) is 81.7 cm³/mol. The maximum Gasteiger partial charge on any atom is 0.404 e. The van der Waals surface area contributed by atoms with E-state index in [1.165, 1.54) is 0 Å². The van der Waals surface area contributed by atoms with Crippen molar-refractivity contribution in [3.8, 4) is 0 Å². The molecule has 2 aliphatic rings. The lowest BCUT2D eigenvalue weighted by Gasteiger charge is -2.28. The monoisotopic (exact) mass is 336 g/mol. The van der Waals surface area contributed by atoms with Gasteiger partial charge in [0.15, 0.2) is 11.5 Å². The van der Waals surface area contributed by atoms with Crippen LogP contribution in [0.15, 0.2) is 4.52 Å². The van der Waals surface area contributed by atoms with E-state index in [4.69, 9.17) is 15.4 Å². The maximum absolute atomic E-state index is 12.4. The number of amides is 3. The van der Waals surface area contributed by atoms with Gasteiger partial charge >= 0.3 is 6.09 Å². The van der Waals surface area contributed by atoms with Gasteiger partial charge in [-0.25, -0.2) is 4.79 Å². The SMILES string of the molecule is NC(=O)c1c(C(=O)N[C@H]2CC[C@H](NC(=O)O)CC2)noc1C1CC1. The molecular weight excluding hydrogens is 316 g/mol. The number of nitrogens with two attached hydrogens (primary N) is 1. The third-order valence-corrected chi connectivity index (χ3v) is 4.52. The third-order valence-electron chi connectivity index (χ3n) is 4.52. The molecule has 9 nitrogen and oxygen atoms in total. The van der Waals surface area contributed by atoms with Gasteiger partial charge in [0.05, 0.1) is 0 Å². The van der Waals surface area contributed by atoms with E-state index in [-0.39, 0.29) is 29.3 Å². The van der Waals surface area contributed by atoms with Crippen LogP contribution < -0.4 is 16.4 Å². The molecule has 5 N–H and O–H groups in total. The van der Waals surface area contributed by atoms with Crippen molar-refractivity contribution in [3.63, 3.8) is 0 Å². The van der Waals surface area contributed by atoms with E-state index in [2.05, 4.69) is 15.8 Å². The molecule has 0 aliphatic heterocycles. The molecule has 130 valence electrons. The molecule has 2 saturated carbocycles. The van der Waals surface area contributed by atoms with Crippen LogP contribution in [-0.4, -0.2) is 40.3 Å². The molecule has 0 bridgehead atoms. The molecule has 1 heterocycles. The Hall–Kier alpha value is -2.58. The molecule has 2 fully saturated rings. The summed E-state index contributed by atoms with van der Waals surface area (Å²) in [5.41, 5.74) is 5.40. The third kappa shape index (κ3) is 3.50. The van der Waals surface area contributed by atoms with Gasteiger partial charge in [0.2, 0.25) is 0 Å². The van der Waals surface area contributed by atoms with E-state index in [0.717, 1.165) is 12.8 Å². The summed E-state index contributed by atoms with van der Waals surface area (Å²) in [6, 6.07) is -0.184. The Morgan fingerprint density at radius 1 is 1.04 bits per heavy atom. The van der Waals surface area contributed by atoms with Crippen molar-refractivity contribution in [1.82, 2.24) is 15.8 Å². The van der Waals surface area contributed by atoms with Crippen molar-refractivity contribution < 1.29 is 24.0 Å². The largest absolute Gasteiger partial charge is 0.465 e. The van der Waals surface area contributed by atoms with Crippen LogP contribution in [-0.2, 0) is 0 Å². The summed E-state index contributed by atoms with van der Waals surface area (Å²) in [7, 11) is 0. The number of carbonyl (C=O) groups is 3. The number of hydrogen-bond donors (Lipinski definition) is 4. The molecule has 2 aliphatic carbocycles. The van der Waals surface area contributed by atoms with E-state index < -0.39 is 17.9 Å². The van der Waals surface area contributed by atoms with Gasteiger partial charge in [-0.3, -0.25) is 9.59 Å². The highest BCUT2D eigenvalue weighted by Crippen LogP contribution is 2.42. The summed E-state index contributed by atoms with van der Waals surface area (Å²) >= 11 is 0. The first-order valence-corrected chi connectivity index (χ1v) is 8.05. The smallest absolute Gasteiger partial charge is 0.404 e. The molecule has 0 radical (unpaired) electrons. The fourth-order valence-corrected chi connectivity index (χ4v) is 3.13. The van der Waals surface area contributed by atoms with Crippen LogP contribution in [0.2, 0.25) is 0 Å². The van der Waals surface area contributed by atoms with E-state index in [0.29, 0.717) is 31.4 Å².